The SMILES string of the molecule is CC/C=C\C/C=C\C/C=C\C/C=C\C/C=C\CC(=O)OC(COC(=O)CCCCCCCCCC/C=C\C/C=C\C/C=C\C/C=C\CC)COP(=O)(O)OC. The van der Waals surface area contributed by atoms with Crippen LogP contribution in [0.25, 0.3) is 0 Å². The first-order chi connectivity index (χ1) is 26.8. The zero-order valence-corrected chi connectivity index (χ0v) is 35.2. The number of rotatable bonds is 36. The monoisotopic (exact) mass is 785 g/mol. The van der Waals surface area contributed by atoms with E-state index in [4.69, 9.17) is 14.0 Å². The van der Waals surface area contributed by atoms with E-state index in [1.54, 1.807) is 6.08 Å². The van der Waals surface area contributed by atoms with Crippen molar-refractivity contribution in [3.8, 4) is 0 Å². The molecule has 0 spiro atoms. The highest BCUT2D eigenvalue weighted by Gasteiger charge is 2.24. The van der Waals surface area contributed by atoms with Gasteiger partial charge in [0.25, 0.3) is 0 Å². The third kappa shape index (κ3) is 40.2. The van der Waals surface area contributed by atoms with Crippen LogP contribution in [0.1, 0.15) is 142 Å². The molecule has 310 valence electrons. The summed E-state index contributed by atoms with van der Waals surface area (Å²) in [4.78, 5) is 34.4. The third-order valence-corrected chi connectivity index (χ3v) is 8.98. The summed E-state index contributed by atoms with van der Waals surface area (Å²) in [6.45, 7) is 3.55. The fraction of sp³-hybridized carbons (Fsp3) is 0.565. The van der Waals surface area contributed by atoms with E-state index < -0.39 is 32.5 Å². The predicted molar refractivity (Wildman–Crippen MR) is 230 cm³/mol. The van der Waals surface area contributed by atoms with Crippen molar-refractivity contribution in [3.05, 3.63) is 109 Å². The van der Waals surface area contributed by atoms with Crippen LogP contribution in [0.3, 0.4) is 0 Å². The van der Waals surface area contributed by atoms with Gasteiger partial charge >= 0.3 is 19.8 Å². The highest BCUT2D eigenvalue weighted by molar-refractivity contribution is 7.47. The fourth-order valence-electron chi connectivity index (χ4n) is 4.96. The van der Waals surface area contributed by atoms with Crippen LogP contribution in [0.4, 0.5) is 0 Å². The quantitative estimate of drug-likeness (QED) is 0.0289. The number of phosphoric ester groups is 1. The molecule has 0 aromatic carbocycles. The maximum atomic E-state index is 12.4. The summed E-state index contributed by atoms with van der Waals surface area (Å²) in [6, 6.07) is 0. The summed E-state index contributed by atoms with van der Waals surface area (Å²) in [7, 11) is -3.26. The Kier molecular flexibility index (Phi) is 38.0. The molecule has 0 aliphatic carbocycles. The van der Waals surface area contributed by atoms with E-state index in [-0.39, 0.29) is 19.4 Å². The number of hydrogen-bond acceptors (Lipinski definition) is 7. The second-order valence-electron chi connectivity index (χ2n) is 13.0. The molecule has 0 heterocycles. The Bertz CT molecular complexity index is 1250. The van der Waals surface area contributed by atoms with Crippen molar-refractivity contribution in [1.82, 2.24) is 0 Å². The molecule has 0 bridgehead atoms. The van der Waals surface area contributed by atoms with Crippen molar-refractivity contribution < 1.29 is 37.6 Å². The Morgan fingerprint density at radius 1 is 0.527 bits per heavy atom. The summed E-state index contributed by atoms with van der Waals surface area (Å²) >= 11 is 0. The number of unbranched alkanes of at least 4 members (excludes halogenated alkanes) is 8. The first-order valence-corrected chi connectivity index (χ1v) is 22.1. The van der Waals surface area contributed by atoms with Crippen molar-refractivity contribution in [2.75, 3.05) is 20.3 Å². The third-order valence-electron chi connectivity index (χ3n) is 8.05. The van der Waals surface area contributed by atoms with Crippen LogP contribution in [-0.4, -0.2) is 43.3 Å². The molecule has 0 rings (SSSR count). The lowest BCUT2D eigenvalue weighted by Gasteiger charge is -2.19. The number of hydrogen-bond donors (Lipinski definition) is 1. The standard InChI is InChI=1S/C46H73O8P/c1-4-6-8-10-12-14-16-18-20-21-22-23-24-25-27-28-30-32-34-36-38-40-45(47)52-42-44(43-53-55(49,50)51-3)54-46(48)41-39-37-35-33-31-29-26-19-17-15-13-11-9-7-5-2/h6-9,12-15,18-20,22-23,26,31,33,37,39,44H,4-5,10-11,16-17,21,24-25,27-30,32,34-36,38,40-43H2,1-3H3,(H,49,50)/b8-6-,9-7-,14-12-,15-13-,20-18-,23-22-,26-19-,33-31-,39-37-. The van der Waals surface area contributed by atoms with Crippen LogP contribution < -0.4 is 0 Å². The predicted octanol–water partition coefficient (Wildman–Crippen LogP) is 13.1. The zero-order valence-electron chi connectivity index (χ0n) is 34.3. The maximum absolute atomic E-state index is 12.4. The second-order valence-corrected chi connectivity index (χ2v) is 14.6. The average Bonchev–Trinajstić information content (AvgIpc) is 3.18. The van der Waals surface area contributed by atoms with Crippen LogP contribution >= 0.6 is 7.82 Å². The van der Waals surface area contributed by atoms with Gasteiger partial charge in [-0.15, -0.1) is 0 Å². The lowest BCUT2D eigenvalue weighted by atomic mass is 10.1. The van der Waals surface area contributed by atoms with E-state index in [1.165, 1.54) is 25.7 Å². The van der Waals surface area contributed by atoms with E-state index in [0.29, 0.717) is 12.8 Å². The molecule has 0 saturated heterocycles. The Labute approximate surface area is 334 Å². The van der Waals surface area contributed by atoms with Crippen molar-refractivity contribution in [2.45, 2.75) is 148 Å². The largest absolute Gasteiger partial charge is 0.472 e. The van der Waals surface area contributed by atoms with Gasteiger partial charge in [0.15, 0.2) is 6.10 Å². The van der Waals surface area contributed by atoms with Crippen LogP contribution in [0.15, 0.2) is 109 Å². The molecule has 1 N–H and O–H groups in total. The molecule has 9 heteroatoms. The summed E-state index contributed by atoms with van der Waals surface area (Å²) in [5.41, 5.74) is 0. The molecular weight excluding hydrogens is 711 g/mol. The summed E-state index contributed by atoms with van der Waals surface area (Å²) in [5, 5.41) is 0. The molecule has 0 aliphatic rings. The van der Waals surface area contributed by atoms with Crippen LogP contribution in [0.2, 0.25) is 0 Å². The van der Waals surface area contributed by atoms with Gasteiger partial charge in [0.2, 0.25) is 0 Å². The van der Waals surface area contributed by atoms with E-state index in [2.05, 4.69) is 110 Å². The van der Waals surface area contributed by atoms with E-state index >= 15 is 0 Å². The van der Waals surface area contributed by atoms with Crippen LogP contribution in [0.5, 0.6) is 0 Å². The first-order valence-electron chi connectivity index (χ1n) is 20.6. The maximum Gasteiger partial charge on any atom is 0.472 e. The first kappa shape index (κ1) is 51.7. The van der Waals surface area contributed by atoms with Gasteiger partial charge in [0, 0.05) is 13.5 Å². The van der Waals surface area contributed by atoms with Gasteiger partial charge in [-0.3, -0.25) is 18.6 Å². The lowest BCUT2D eigenvalue weighted by Crippen LogP contribution is -2.29. The Morgan fingerprint density at radius 3 is 1.38 bits per heavy atom. The van der Waals surface area contributed by atoms with Crippen molar-refractivity contribution in [1.29, 1.82) is 0 Å². The Hall–Kier alpha value is -3.29. The number of phosphoric acid groups is 1. The molecule has 0 aromatic heterocycles. The molecule has 8 nitrogen and oxygen atoms in total. The highest BCUT2D eigenvalue weighted by atomic mass is 31.2. The molecule has 0 radical (unpaired) electrons. The molecule has 0 saturated carbocycles. The minimum Gasteiger partial charge on any atom is -0.462 e. The Morgan fingerprint density at radius 2 is 0.927 bits per heavy atom. The smallest absolute Gasteiger partial charge is 0.462 e. The summed E-state index contributed by atoms with van der Waals surface area (Å²) < 4.78 is 31.8. The topological polar surface area (TPSA) is 108 Å². The molecule has 0 aliphatic heterocycles. The minimum atomic E-state index is -4.30. The van der Waals surface area contributed by atoms with Crippen molar-refractivity contribution in [2.24, 2.45) is 0 Å². The minimum absolute atomic E-state index is 0.00429. The van der Waals surface area contributed by atoms with Gasteiger partial charge in [-0.05, 0) is 77.0 Å². The Balaban J connectivity index is 4.14. The zero-order chi connectivity index (χ0) is 40.3. The van der Waals surface area contributed by atoms with Gasteiger partial charge in [-0.1, -0.05) is 162 Å². The number of esters is 2. The number of allylic oxidation sites excluding steroid dienone is 17. The number of carbonyl (C=O) groups excluding carboxylic acids is 2. The van der Waals surface area contributed by atoms with Crippen molar-refractivity contribution in [3.63, 3.8) is 0 Å². The molecule has 55 heavy (non-hydrogen) atoms. The molecule has 0 fully saturated rings. The lowest BCUT2D eigenvalue weighted by molar-refractivity contribution is -0.160. The van der Waals surface area contributed by atoms with Gasteiger partial charge in [-0.2, -0.15) is 0 Å². The van der Waals surface area contributed by atoms with Gasteiger partial charge < -0.3 is 14.4 Å². The van der Waals surface area contributed by atoms with E-state index in [9.17, 15) is 19.0 Å². The fourth-order valence-corrected chi connectivity index (χ4v) is 5.42. The van der Waals surface area contributed by atoms with E-state index in [1.807, 2.05) is 12.2 Å². The summed E-state index contributed by atoms with van der Waals surface area (Å²) in [6.07, 6.45) is 56.0. The molecule has 2 atom stereocenters. The number of ether oxygens (including phenoxy) is 2. The average molecular weight is 785 g/mol. The second kappa shape index (κ2) is 40.4. The molecular formula is C46H73O8P. The summed E-state index contributed by atoms with van der Waals surface area (Å²) in [5.74, 6) is -0.973. The van der Waals surface area contributed by atoms with Crippen LogP contribution in [0, 0.1) is 0 Å². The van der Waals surface area contributed by atoms with E-state index in [0.717, 1.165) is 84.2 Å². The van der Waals surface area contributed by atoms with Crippen molar-refractivity contribution >= 4 is 19.8 Å². The van der Waals surface area contributed by atoms with Gasteiger partial charge in [-0.25, -0.2) is 4.57 Å². The normalized spacial score (nSPS) is 14.5. The highest BCUT2D eigenvalue weighted by Crippen LogP contribution is 2.42. The molecule has 0 aromatic rings. The van der Waals surface area contributed by atoms with Gasteiger partial charge in [0.1, 0.15) is 6.61 Å². The van der Waals surface area contributed by atoms with Crippen LogP contribution in [-0.2, 0) is 32.7 Å². The molecule has 0 amide bonds. The van der Waals surface area contributed by atoms with Gasteiger partial charge in [0.05, 0.1) is 13.0 Å². The number of carbonyl (C=O) groups is 2. The molecule has 2 unspecified atom stereocenters.